The molecule has 0 radical (unpaired) electrons. The predicted molar refractivity (Wildman–Crippen MR) is 71.7 cm³/mol. The predicted octanol–water partition coefficient (Wildman–Crippen LogP) is 2.34. The molecule has 1 aliphatic carbocycles. The van der Waals surface area contributed by atoms with Gasteiger partial charge in [0.2, 0.25) is 0 Å². The van der Waals surface area contributed by atoms with E-state index in [1.165, 1.54) is 19.3 Å². The van der Waals surface area contributed by atoms with Gasteiger partial charge < -0.3 is 15.8 Å². The average Bonchev–Trinajstić information content (AvgIpc) is 2.40. The molecule has 4 heteroatoms. The van der Waals surface area contributed by atoms with Crippen molar-refractivity contribution in [3.8, 4) is 5.75 Å². The van der Waals surface area contributed by atoms with E-state index in [1.54, 1.807) is 25.3 Å². The molecular weight excluding hydrogens is 228 g/mol. The summed E-state index contributed by atoms with van der Waals surface area (Å²) in [4.78, 5) is 12.2. The number of anilines is 1. The summed E-state index contributed by atoms with van der Waals surface area (Å²) in [6.07, 6.45) is 5.79. The zero-order chi connectivity index (χ0) is 13.0. The Morgan fingerprint density at radius 2 is 2.06 bits per heavy atom. The second kappa shape index (κ2) is 5.76. The van der Waals surface area contributed by atoms with Crippen LogP contribution in [0.15, 0.2) is 18.2 Å². The molecule has 0 atom stereocenters. The Kier molecular flexibility index (Phi) is 4.07. The molecule has 0 aliphatic heterocycles. The second-order valence-corrected chi connectivity index (χ2v) is 4.77. The normalized spacial score (nSPS) is 16.3. The molecule has 1 saturated carbocycles. The van der Waals surface area contributed by atoms with Gasteiger partial charge in [0, 0.05) is 11.7 Å². The van der Waals surface area contributed by atoms with E-state index in [0.29, 0.717) is 17.0 Å². The van der Waals surface area contributed by atoms with Crippen LogP contribution in [-0.2, 0) is 0 Å². The smallest absolute Gasteiger partial charge is 0.255 e. The molecule has 0 aromatic heterocycles. The zero-order valence-corrected chi connectivity index (χ0v) is 10.7. The number of ether oxygens (including phenoxy) is 1. The van der Waals surface area contributed by atoms with Gasteiger partial charge in [-0.3, -0.25) is 4.79 Å². The maximum Gasteiger partial charge on any atom is 0.255 e. The lowest BCUT2D eigenvalue weighted by Crippen LogP contribution is -2.36. The largest absolute Gasteiger partial charge is 0.496 e. The maximum absolute atomic E-state index is 12.2. The lowest BCUT2D eigenvalue weighted by molar-refractivity contribution is 0.0924. The summed E-state index contributed by atoms with van der Waals surface area (Å²) >= 11 is 0. The van der Waals surface area contributed by atoms with Crippen molar-refractivity contribution in [3.05, 3.63) is 23.8 Å². The summed E-state index contributed by atoms with van der Waals surface area (Å²) in [5, 5.41) is 3.06. The maximum atomic E-state index is 12.2. The first-order chi connectivity index (χ1) is 8.70. The summed E-state index contributed by atoms with van der Waals surface area (Å²) in [6.45, 7) is 0. The monoisotopic (exact) mass is 248 g/mol. The van der Waals surface area contributed by atoms with Gasteiger partial charge in [0.1, 0.15) is 5.75 Å². The van der Waals surface area contributed by atoms with Gasteiger partial charge in [-0.25, -0.2) is 0 Å². The van der Waals surface area contributed by atoms with E-state index in [0.717, 1.165) is 12.8 Å². The minimum absolute atomic E-state index is 0.0916. The first-order valence-electron chi connectivity index (χ1n) is 6.45. The summed E-state index contributed by atoms with van der Waals surface area (Å²) in [6, 6.07) is 5.41. The molecule has 2 rings (SSSR count). The van der Waals surface area contributed by atoms with Gasteiger partial charge in [-0.05, 0) is 31.0 Å². The van der Waals surface area contributed by atoms with Crippen molar-refractivity contribution in [2.24, 2.45) is 0 Å². The number of methoxy groups -OCH3 is 1. The topological polar surface area (TPSA) is 64.3 Å². The average molecular weight is 248 g/mol. The molecule has 0 unspecified atom stereocenters. The molecule has 98 valence electrons. The summed E-state index contributed by atoms with van der Waals surface area (Å²) in [5.41, 5.74) is 6.81. The first-order valence-corrected chi connectivity index (χ1v) is 6.45. The molecule has 0 heterocycles. The fraction of sp³-hybridized carbons (Fsp3) is 0.500. The van der Waals surface area contributed by atoms with Crippen molar-refractivity contribution < 1.29 is 9.53 Å². The van der Waals surface area contributed by atoms with Crippen molar-refractivity contribution in [3.63, 3.8) is 0 Å². The Morgan fingerprint density at radius 1 is 1.33 bits per heavy atom. The molecule has 18 heavy (non-hydrogen) atoms. The number of carbonyl (C=O) groups is 1. The number of hydrogen-bond donors (Lipinski definition) is 2. The molecule has 1 amide bonds. The van der Waals surface area contributed by atoms with Gasteiger partial charge in [-0.15, -0.1) is 0 Å². The third-order valence-electron chi connectivity index (χ3n) is 3.41. The Hall–Kier alpha value is -1.71. The number of nitrogen functional groups attached to an aromatic ring is 1. The van der Waals surface area contributed by atoms with Crippen molar-refractivity contribution in [1.82, 2.24) is 5.32 Å². The number of nitrogens with one attached hydrogen (secondary N) is 1. The Bertz CT molecular complexity index is 426. The molecule has 0 bridgehead atoms. The minimum atomic E-state index is -0.0916. The molecule has 1 aromatic rings. The fourth-order valence-electron chi connectivity index (χ4n) is 2.41. The molecular formula is C14H20N2O2. The quantitative estimate of drug-likeness (QED) is 0.807. The van der Waals surface area contributed by atoms with Crippen LogP contribution in [0, 0.1) is 0 Å². The molecule has 3 N–H and O–H groups in total. The number of rotatable bonds is 3. The number of carbonyl (C=O) groups excluding carboxylic acids is 1. The number of amides is 1. The highest BCUT2D eigenvalue weighted by Gasteiger charge is 2.19. The second-order valence-electron chi connectivity index (χ2n) is 4.77. The zero-order valence-electron chi connectivity index (χ0n) is 10.7. The number of nitrogens with two attached hydrogens (primary N) is 1. The van der Waals surface area contributed by atoms with Crippen molar-refractivity contribution >= 4 is 11.6 Å². The summed E-state index contributed by atoms with van der Waals surface area (Å²) in [5.74, 6) is 0.476. The van der Waals surface area contributed by atoms with Crippen molar-refractivity contribution in [2.45, 2.75) is 38.1 Å². The number of hydrogen-bond acceptors (Lipinski definition) is 3. The van der Waals surface area contributed by atoms with E-state index in [4.69, 9.17) is 10.5 Å². The third-order valence-corrected chi connectivity index (χ3v) is 3.41. The van der Waals surface area contributed by atoms with Crippen LogP contribution in [0.1, 0.15) is 42.5 Å². The van der Waals surface area contributed by atoms with E-state index >= 15 is 0 Å². The lowest BCUT2D eigenvalue weighted by atomic mass is 9.95. The van der Waals surface area contributed by atoms with Crippen LogP contribution in [0.3, 0.4) is 0 Å². The fourth-order valence-corrected chi connectivity index (χ4v) is 2.41. The highest BCUT2D eigenvalue weighted by molar-refractivity contribution is 5.98. The molecule has 4 nitrogen and oxygen atoms in total. The lowest BCUT2D eigenvalue weighted by Gasteiger charge is -2.23. The van der Waals surface area contributed by atoms with Crippen LogP contribution >= 0.6 is 0 Å². The van der Waals surface area contributed by atoms with Crippen LogP contribution in [-0.4, -0.2) is 19.1 Å². The van der Waals surface area contributed by atoms with E-state index in [9.17, 15) is 4.79 Å². The molecule has 1 fully saturated rings. The van der Waals surface area contributed by atoms with E-state index in [2.05, 4.69) is 5.32 Å². The van der Waals surface area contributed by atoms with Crippen LogP contribution < -0.4 is 15.8 Å². The number of benzene rings is 1. The standard InChI is InChI=1S/C14H20N2O2/c1-18-13-8-7-10(15)9-12(13)14(17)16-11-5-3-2-4-6-11/h7-9,11H,2-6,15H2,1H3,(H,16,17). The van der Waals surface area contributed by atoms with E-state index < -0.39 is 0 Å². The Morgan fingerprint density at radius 3 is 2.72 bits per heavy atom. The molecule has 0 saturated heterocycles. The van der Waals surface area contributed by atoms with Crippen molar-refractivity contribution in [2.75, 3.05) is 12.8 Å². The third kappa shape index (κ3) is 2.94. The highest BCUT2D eigenvalue weighted by Crippen LogP contribution is 2.23. The van der Waals surface area contributed by atoms with Gasteiger partial charge in [-0.2, -0.15) is 0 Å². The summed E-state index contributed by atoms with van der Waals surface area (Å²) in [7, 11) is 1.56. The molecule has 1 aromatic carbocycles. The Balaban J connectivity index is 2.09. The highest BCUT2D eigenvalue weighted by atomic mass is 16.5. The minimum Gasteiger partial charge on any atom is -0.496 e. The van der Waals surface area contributed by atoms with Gasteiger partial charge in [0.05, 0.1) is 12.7 Å². The van der Waals surface area contributed by atoms with Gasteiger partial charge in [0.25, 0.3) is 5.91 Å². The first kappa shape index (κ1) is 12.7. The van der Waals surface area contributed by atoms with Gasteiger partial charge in [-0.1, -0.05) is 19.3 Å². The van der Waals surface area contributed by atoms with Gasteiger partial charge in [0.15, 0.2) is 0 Å². The molecule has 0 spiro atoms. The van der Waals surface area contributed by atoms with E-state index in [-0.39, 0.29) is 11.9 Å². The van der Waals surface area contributed by atoms with Crippen LogP contribution in [0.4, 0.5) is 5.69 Å². The van der Waals surface area contributed by atoms with Crippen LogP contribution in [0.25, 0.3) is 0 Å². The Labute approximate surface area is 108 Å². The van der Waals surface area contributed by atoms with Crippen molar-refractivity contribution in [1.29, 1.82) is 0 Å². The van der Waals surface area contributed by atoms with E-state index in [1.807, 2.05) is 0 Å². The summed E-state index contributed by atoms with van der Waals surface area (Å²) < 4.78 is 5.19. The molecule has 1 aliphatic rings. The van der Waals surface area contributed by atoms with Crippen LogP contribution in [0.2, 0.25) is 0 Å². The van der Waals surface area contributed by atoms with Crippen LogP contribution in [0.5, 0.6) is 5.75 Å². The SMILES string of the molecule is COc1ccc(N)cc1C(=O)NC1CCCCC1. The van der Waals surface area contributed by atoms with Gasteiger partial charge >= 0.3 is 0 Å².